The van der Waals surface area contributed by atoms with Gasteiger partial charge in [-0.2, -0.15) is 9.78 Å². The molecule has 0 aliphatic heterocycles. The van der Waals surface area contributed by atoms with Crippen molar-refractivity contribution in [2.75, 3.05) is 7.11 Å². The number of halogens is 2. The minimum atomic E-state index is -0.993. The summed E-state index contributed by atoms with van der Waals surface area (Å²) in [6.45, 7) is 4.23. The number of rotatable bonds is 9. The van der Waals surface area contributed by atoms with E-state index in [4.69, 9.17) is 14.5 Å². The lowest BCUT2D eigenvalue weighted by Gasteiger charge is -2.15. The van der Waals surface area contributed by atoms with Crippen LogP contribution in [0.2, 0.25) is 0 Å². The van der Waals surface area contributed by atoms with Gasteiger partial charge >= 0.3 is 5.97 Å². The van der Waals surface area contributed by atoms with E-state index in [0.29, 0.717) is 33.8 Å². The maximum Gasteiger partial charge on any atom is 0.335 e. The fourth-order valence-corrected chi connectivity index (χ4v) is 4.95. The molecule has 10 heteroatoms. The molecule has 4 aromatic rings. The van der Waals surface area contributed by atoms with Crippen LogP contribution in [-0.2, 0) is 6.61 Å². The second-order valence-corrected chi connectivity index (χ2v) is 10.7. The average Bonchev–Trinajstić information content (AvgIpc) is 2.91. The Kier molecular flexibility index (Phi) is 8.83. The summed E-state index contributed by atoms with van der Waals surface area (Å²) < 4.78 is 14.5. The first-order valence-corrected chi connectivity index (χ1v) is 13.7. The van der Waals surface area contributed by atoms with Crippen LogP contribution in [0.4, 0.5) is 0 Å². The van der Waals surface area contributed by atoms with Gasteiger partial charge < -0.3 is 14.6 Å². The van der Waals surface area contributed by atoms with E-state index < -0.39 is 5.97 Å². The molecule has 1 heterocycles. The summed E-state index contributed by atoms with van der Waals surface area (Å²) in [6, 6.07) is 15.7. The summed E-state index contributed by atoms with van der Waals surface area (Å²) in [5.74, 6) is 0.641. The van der Waals surface area contributed by atoms with E-state index in [1.807, 2.05) is 32.0 Å². The van der Waals surface area contributed by atoms with E-state index in [-0.39, 0.29) is 23.6 Å². The van der Waals surface area contributed by atoms with Crippen molar-refractivity contribution >= 4 is 61.6 Å². The highest BCUT2D eigenvalue weighted by atomic mass is 127. The van der Waals surface area contributed by atoms with Gasteiger partial charge in [-0.3, -0.25) is 4.79 Å². The molecule has 0 amide bonds. The summed E-state index contributed by atoms with van der Waals surface area (Å²) in [5.41, 5.74) is 2.02. The standard InChI is InChI=1S/C28H25BrIN3O5/c1-4-16(2)26-32-23-9-8-20(29)13-21(23)27(34)33(26)31-14-18-11-22(30)25(24(12-18)37-3)38-15-17-6-5-7-19(10-17)28(35)36/h5-14,16H,4,15H2,1-3H3,(H,35,36)/t16-/m1/s1. The molecule has 0 spiro atoms. The van der Waals surface area contributed by atoms with Gasteiger partial charge in [0.25, 0.3) is 5.56 Å². The van der Waals surface area contributed by atoms with E-state index in [1.165, 1.54) is 10.7 Å². The highest BCUT2D eigenvalue weighted by Gasteiger charge is 2.16. The molecule has 1 aromatic heterocycles. The third-order valence-electron chi connectivity index (χ3n) is 6.02. The Labute approximate surface area is 241 Å². The van der Waals surface area contributed by atoms with Crippen LogP contribution >= 0.6 is 38.5 Å². The van der Waals surface area contributed by atoms with E-state index in [0.717, 1.165) is 20.0 Å². The SMILES string of the molecule is CC[C@@H](C)c1nc2ccc(Br)cc2c(=O)n1N=Cc1cc(I)c(OCc2cccc(C(=O)O)c2)c(OC)c1. The van der Waals surface area contributed by atoms with Gasteiger partial charge in [-0.15, -0.1) is 0 Å². The monoisotopic (exact) mass is 689 g/mol. The maximum atomic E-state index is 13.4. The molecule has 4 rings (SSSR count). The molecule has 1 atom stereocenters. The van der Waals surface area contributed by atoms with Crippen LogP contribution in [0, 0.1) is 3.57 Å². The number of methoxy groups -OCH3 is 1. The molecule has 1 N–H and O–H groups in total. The van der Waals surface area contributed by atoms with Crippen LogP contribution < -0.4 is 15.0 Å². The Morgan fingerprint density at radius 1 is 1.24 bits per heavy atom. The number of fused-ring (bicyclic) bond motifs is 1. The summed E-state index contributed by atoms with van der Waals surface area (Å²) in [5, 5.41) is 14.2. The zero-order chi connectivity index (χ0) is 27.4. The lowest BCUT2D eigenvalue weighted by molar-refractivity contribution is 0.0696. The topological polar surface area (TPSA) is 103 Å². The van der Waals surface area contributed by atoms with Crippen molar-refractivity contribution in [1.82, 2.24) is 9.66 Å². The predicted molar refractivity (Wildman–Crippen MR) is 159 cm³/mol. The fraction of sp³-hybridized carbons (Fsp3) is 0.214. The second-order valence-electron chi connectivity index (χ2n) is 8.63. The minimum absolute atomic E-state index is 0.0259. The zero-order valence-electron chi connectivity index (χ0n) is 20.9. The van der Waals surface area contributed by atoms with Crippen LogP contribution in [0.15, 0.2) is 69.0 Å². The summed E-state index contributed by atoms with van der Waals surface area (Å²) in [6.07, 6.45) is 2.40. The maximum absolute atomic E-state index is 13.4. The molecule has 0 bridgehead atoms. The third kappa shape index (κ3) is 6.07. The summed E-state index contributed by atoms with van der Waals surface area (Å²) >= 11 is 5.58. The first kappa shape index (κ1) is 27.8. The van der Waals surface area contributed by atoms with Crippen LogP contribution in [0.25, 0.3) is 10.9 Å². The molecule has 0 saturated carbocycles. The van der Waals surface area contributed by atoms with Gasteiger partial charge in [0, 0.05) is 10.4 Å². The predicted octanol–water partition coefficient (Wildman–Crippen LogP) is 6.45. The molecule has 196 valence electrons. The molecule has 0 unspecified atom stereocenters. The number of nitrogens with zero attached hydrogens (tertiary/aromatic N) is 3. The van der Waals surface area contributed by atoms with Crippen molar-refractivity contribution in [3.8, 4) is 11.5 Å². The van der Waals surface area contributed by atoms with Gasteiger partial charge in [-0.05, 0) is 82.6 Å². The average molecular weight is 690 g/mol. The normalized spacial score (nSPS) is 12.1. The van der Waals surface area contributed by atoms with Crippen molar-refractivity contribution in [1.29, 1.82) is 0 Å². The molecule has 0 aliphatic rings. The van der Waals surface area contributed by atoms with Crippen molar-refractivity contribution in [2.24, 2.45) is 5.10 Å². The summed E-state index contributed by atoms with van der Waals surface area (Å²) in [4.78, 5) is 29.4. The van der Waals surface area contributed by atoms with Gasteiger partial charge in [0.15, 0.2) is 11.5 Å². The van der Waals surface area contributed by atoms with Crippen molar-refractivity contribution in [2.45, 2.75) is 32.8 Å². The first-order chi connectivity index (χ1) is 18.2. The first-order valence-electron chi connectivity index (χ1n) is 11.8. The molecule has 0 saturated heterocycles. The highest BCUT2D eigenvalue weighted by molar-refractivity contribution is 14.1. The van der Waals surface area contributed by atoms with Gasteiger partial charge in [0.05, 0.1) is 33.4 Å². The lowest BCUT2D eigenvalue weighted by Crippen LogP contribution is -2.23. The molecule has 3 aromatic carbocycles. The second kappa shape index (κ2) is 12.1. The number of aromatic carboxylic acids is 1. The Balaban J connectivity index is 1.68. The van der Waals surface area contributed by atoms with E-state index in [1.54, 1.807) is 43.7 Å². The van der Waals surface area contributed by atoms with Crippen molar-refractivity contribution in [3.63, 3.8) is 0 Å². The van der Waals surface area contributed by atoms with Gasteiger partial charge in [0.2, 0.25) is 0 Å². The molecule has 38 heavy (non-hydrogen) atoms. The Bertz CT molecular complexity index is 1600. The summed E-state index contributed by atoms with van der Waals surface area (Å²) in [7, 11) is 1.54. The number of carboxylic acid groups (broad SMARTS) is 1. The number of hydrogen-bond acceptors (Lipinski definition) is 6. The molecule has 8 nitrogen and oxygen atoms in total. The van der Waals surface area contributed by atoms with Gasteiger partial charge in [-0.25, -0.2) is 9.78 Å². The molecule has 0 radical (unpaired) electrons. The van der Waals surface area contributed by atoms with Crippen LogP contribution in [-0.4, -0.2) is 34.1 Å². The van der Waals surface area contributed by atoms with Gasteiger partial charge in [-0.1, -0.05) is 41.9 Å². The molecular formula is C28H25BrIN3O5. The van der Waals surface area contributed by atoms with E-state index in [2.05, 4.69) is 43.6 Å². The Morgan fingerprint density at radius 3 is 2.74 bits per heavy atom. The number of carbonyl (C=O) groups is 1. The van der Waals surface area contributed by atoms with Crippen LogP contribution in [0.5, 0.6) is 11.5 Å². The van der Waals surface area contributed by atoms with Gasteiger partial charge in [0.1, 0.15) is 12.4 Å². The lowest BCUT2D eigenvalue weighted by atomic mass is 10.1. The molecule has 0 fully saturated rings. The number of hydrogen-bond donors (Lipinski definition) is 1. The third-order valence-corrected chi connectivity index (χ3v) is 7.31. The Hall–Kier alpha value is -3.25. The number of carboxylic acids is 1. The van der Waals surface area contributed by atoms with E-state index in [9.17, 15) is 14.7 Å². The number of ether oxygens (including phenoxy) is 2. The van der Waals surface area contributed by atoms with Crippen molar-refractivity contribution in [3.05, 3.63) is 95.5 Å². The van der Waals surface area contributed by atoms with Crippen LogP contribution in [0.3, 0.4) is 0 Å². The minimum Gasteiger partial charge on any atom is -0.493 e. The highest BCUT2D eigenvalue weighted by Crippen LogP contribution is 2.34. The van der Waals surface area contributed by atoms with Crippen LogP contribution in [0.1, 0.15) is 53.5 Å². The smallest absolute Gasteiger partial charge is 0.335 e. The largest absolute Gasteiger partial charge is 0.493 e. The fourth-order valence-electron chi connectivity index (χ4n) is 3.81. The van der Waals surface area contributed by atoms with E-state index >= 15 is 0 Å². The quantitative estimate of drug-likeness (QED) is 0.160. The number of aromatic nitrogens is 2. The number of benzene rings is 3. The molecule has 0 aliphatic carbocycles. The Morgan fingerprint density at radius 2 is 2.03 bits per heavy atom. The zero-order valence-corrected chi connectivity index (χ0v) is 24.7. The molecular weight excluding hydrogens is 665 g/mol. The van der Waals surface area contributed by atoms with Crippen molar-refractivity contribution < 1.29 is 19.4 Å².